The van der Waals surface area contributed by atoms with E-state index in [0.29, 0.717) is 38.2 Å². The topological polar surface area (TPSA) is 84.9 Å². The monoisotopic (exact) mass is 426 g/mol. The van der Waals surface area contributed by atoms with Crippen LogP contribution in [0.2, 0.25) is 0 Å². The van der Waals surface area contributed by atoms with Gasteiger partial charge in [0.1, 0.15) is 10.6 Å². The summed E-state index contributed by atoms with van der Waals surface area (Å²) in [5.74, 6) is -0.0383. The number of sulfonamides is 1. The normalized spacial score (nSPS) is 15.7. The number of hydrogen-bond donors (Lipinski definition) is 1. The summed E-state index contributed by atoms with van der Waals surface area (Å²) in [6, 6.07) is 4.56. The number of nitrogens with one attached hydrogen (secondary N) is 1. The van der Waals surface area contributed by atoms with Crippen molar-refractivity contribution in [3.8, 4) is 5.75 Å². The van der Waals surface area contributed by atoms with E-state index in [1.54, 1.807) is 12.1 Å². The van der Waals surface area contributed by atoms with E-state index >= 15 is 0 Å². The number of carbonyl (C=O) groups is 1. The maximum Gasteiger partial charge on any atom is 0.251 e. The first-order valence-corrected chi connectivity index (χ1v) is 12.0. The molecule has 7 nitrogen and oxygen atoms in total. The van der Waals surface area contributed by atoms with Crippen LogP contribution in [0.3, 0.4) is 0 Å². The van der Waals surface area contributed by atoms with Crippen LogP contribution in [0.1, 0.15) is 62.2 Å². The van der Waals surface area contributed by atoms with Gasteiger partial charge in [-0.15, -0.1) is 0 Å². The van der Waals surface area contributed by atoms with E-state index in [2.05, 4.69) is 12.2 Å². The van der Waals surface area contributed by atoms with Crippen LogP contribution < -0.4 is 10.1 Å². The minimum absolute atomic E-state index is 0.0532. The van der Waals surface area contributed by atoms with Crippen LogP contribution in [-0.2, 0) is 14.8 Å². The zero-order valence-electron chi connectivity index (χ0n) is 17.6. The minimum atomic E-state index is -3.71. The highest BCUT2D eigenvalue weighted by molar-refractivity contribution is 7.89. The summed E-state index contributed by atoms with van der Waals surface area (Å²) >= 11 is 0. The number of hydrogen-bond acceptors (Lipinski definition) is 5. The third-order valence-electron chi connectivity index (χ3n) is 5.00. The van der Waals surface area contributed by atoms with Gasteiger partial charge in [-0.05, 0) is 43.9 Å². The summed E-state index contributed by atoms with van der Waals surface area (Å²) < 4.78 is 38.6. The molecule has 164 valence electrons. The van der Waals surface area contributed by atoms with Gasteiger partial charge in [-0.2, -0.15) is 4.31 Å². The predicted octanol–water partition coefficient (Wildman–Crippen LogP) is 3.20. The van der Waals surface area contributed by atoms with E-state index in [1.165, 1.54) is 17.5 Å². The number of methoxy groups -OCH3 is 1. The van der Waals surface area contributed by atoms with Gasteiger partial charge in [0.2, 0.25) is 10.0 Å². The molecule has 29 heavy (non-hydrogen) atoms. The van der Waals surface area contributed by atoms with Crippen molar-refractivity contribution in [2.75, 3.05) is 40.0 Å². The number of ether oxygens (including phenoxy) is 2. The second-order valence-corrected chi connectivity index (χ2v) is 9.17. The molecule has 0 aliphatic carbocycles. The third kappa shape index (κ3) is 6.97. The first-order valence-electron chi connectivity index (χ1n) is 10.5. The van der Waals surface area contributed by atoms with Gasteiger partial charge >= 0.3 is 0 Å². The van der Waals surface area contributed by atoms with Crippen LogP contribution in [-0.4, -0.2) is 58.6 Å². The first kappa shape index (κ1) is 23.6. The summed E-state index contributed by atoms with van der Waals surface area (Å²) in [7, 11) is -2.27. The van der Waals surface area contributed by atoms with Crippen LogP contribution in [0.4, 0.5) is 0 Å². The van der Waals surface area contributed by atoms with E-state index in [1.807, 2.05) is 0 Å². The molecule has 1 N–H and O–H groups in total. The molecule has 0 bridgehead atoms. The molecule has 1 aliphatic heterocycles. The van der Waals surface area contributed by atoms with Crippen LogP contribution >= 0.6 is 0 Å². The fraction of sp³-hybridized carbons (Fsp3) is 0.667. The largest absolute Gasteiger partial charge is 0.495 e. The molecule has 1 aromatic carbocycles. The highest BCUT2D eigenvalue weighted by Gasteiger charge is 2.29. The molecule has 1 heterocycles. The molecule has 0 spiro atoms. The second kappa shape index (κ2) is 12.1. The molecule has 2 rings (SSSR count). The Morgan fingerprint density at radius 2 is 1.79 bits per heavy atom. The van der Waals surface area contributed by atoms with Gasteiger partial charge in [0.05, 0.1) is 7.11 Å². The summed E-state index contributed by atoms with van der Waals surface area (Å²) in [4.78, 5) is 12.5. The highest BCUT2D eigenvalue weighted by Crippen LogP contribution is 2.29. The molecule has 0 saturated carbocycles. The molecule has 1 saturated heterocycles. The Morgan fingerprint density at radius 1 is 1.10 bits per heavy atom. The smallest absolute Gasteiger partial charge is 0.251 e. The first-order chi connectivity index (χ1) is 14.0. The number of unbranched alkanes of at least 4 members (excludes halogenated alkanes) is 1. The van der Waals surface area contributed by atoms with Crippen LogP contribution in [0.15, 0.2) is 23.1 Å². The molecule has 1 amide bonds. The van der Waals surface area contributed by atoms with E-state index < -0.39 is 10.0 Å². The molecular weight excluding hydrogens is 392 g/mol. The van der Waals surface area contributed by atoms with Crippen molar-refractivity contribution in [2.45, 2.75) is 56.8 Å². The zero-order valence-corrected chi connectivity index (χ0v) is 18.4. The Kier molecular flexibility index (Phi) is 9.90. The van der Waals surface area contributed by atoms with Crippen LogP contribution in [0, 0.1) is 0 Å². The second-order valence-electron chi connectivity index (χ2n) is 7.26. The minimum Gasteiger partial charge on any atom is -0.495 e. The van der Waals surface area contributed by atoms with Crippen molar-refractivity contribution in [2.24, 2.45) is 0 Å². The van der Waals surface area contributed by atoms with Gasteiger partial charge in [-0.25, -0.2) is 8.42 Å². The van der Waals surface area contributed by atoms with Gasteiger partial charge in [0.25, 0.3) is 5.91 Å². The summed E-state index contributed by atoms with van der Waals surface area (Å²) in [6.07, 6.45) is 6.61. The Labute approximate surface area is 174 Å². The molecule has 0 atom stereocenters. The molecule has 1 aromatic rings. The average molecular weight is 427 g/mol. The van der Waals surface area contributed by atoms with E-state index in [0.717, 1.165) is 45.1 Å². The van der Waals surface area contributed by atoms with Crippen molar-refractivity contribution in [1.82, 2.24) is 9.62 Å². The lowest BCUT2D eigenvalue weighted by Gasteiger charge is -2.21. The quantitative estimate of drug-likeness (QED) is 0.549. The molecule has 1 aliphatic rings. The number of nitrogens with zero attached hydrogens (tertiary/aromatic N) is 1. The van der Waals surface area contributed by atoms with Gasteiger partial charge < -0.3 is 14.8 Å². The van der Waals surface area contributed by atoms with Crippen molar-refractivity contribution >= 4 is 15.9 Å². The van der Waals surface area contributed by atoms with Gasteiger partial charge in [-0.1, -0.05) is 26.2 Å². The summed E-state index contributed by atoms with van der Waals surface area (Å²) in [5.41, 5.74) is 0.311. The van der Waals surface area contributed by atoms with Crippen molar-refractivity contribution in [1.29, 1.82) is 0 Å². The number of benzene rings is 1. The molecule has 0 unspecified atom stereocenters. The lowest BCUT2D eigenvalue weighted by Crippen LogP contribution is -2.32. The molecule has 1 fully saturated rings. The molecule has 0 aromatic heterocycles. The highest BCUT2D eigenvalue weighted by atomic mass is 32.2. The Balaban J connectivity index is 2.04. The van der Waals surface area contributed by atoms with E-state index in [9.17, 15) is 13.2 Å². The van der Waals surface area contributed by atoms with Crippen LogP contribution in [0.5, 0.6) is 5.75 Å². The number of carbonyl (C=O) groups excluding carboxylic acids is 1. The fourth-order valence-electron chi connectivity index (χ4n) is 3.27. The standard InChI is InChI=1S/C21H34N2O5S/c1-3-4-15-28-16-9-12-22-21(24)18-10-11-19(27-2)20(17-18)29(25,26)23-13-7-5-6-8-14-23/h10-11,17H,3-9,12-16H2,1-2H3,(H,22,24). The van der Waals surface area contributed by atoms with E-state index in [4.69, 9.17) is 9.47 Å². The third-order valence-corrected chi connectivity index (χ3v) is 6.92. The Bertz CT molecular complexity index is 743. The molecule has 0 radical (unpaired) electrons. The molecular formula is C21H34N2O5S. The Morgan fingerprint density at radius 3 is 2.45 bits per heavy atom. The maximum absolute atomic E-state index is 13.2. The predicted molar refractivity (Wildman–Crippen MR) is 113 cm³/mol. The van der Waals surface area contributed by atoms with Crippen molar-refractivity contribution in [3.63, 3.8) is 0 Å². The zero-order chi connectivity index (χ0) is 21.1. The summed E-state index contributed by atoms with van der Waals surface area (Å²) in [5, 5.41) is 2.83. The Hall–Kier alpha value is -1.64. The number of amides is 1. The van der Waals surface area contributed by atoms with Gasteiger partial charge in [0.15, 0.2) is 0 Å². The lowest BCUT2D eigenvalue weighted by molar-refractivity contribution is 0.0940. The van der Waals surface area contributed by atoms with Crippen molar-refractivity contribution < 1.29 is 22.7 Å². The maximum atomic E-state index is 13.2. The molecule has 8 heteroatoms. The summed E-state index contributed by atoms with van der Waals surface area (Å²) in [6.45, 7) is 4.92. The van der Waals surface area contributed by atoms with E-state index in [-0.39, 0.29) is 16.6 Å². The average Bonchev–Trinajstić information content (AvgIpc) is 3.02. The lowest BCUT2D eigenvalue weighted by atomic mass is 10.2. The fourth-order valence-corrected chi connectivity index (χ4v) is 4.97. The SMILES string of the molecule is CCCCOCCCNC(=O)c1ccc(OC)c(S(=O)(=O)N2CCCCCC2)c1. The van der Waals surface area contributed by atoms with Gasteiger partial charge in [-0.3, -0.25) is 4.79 Å². The number of rotatable bonds is 11. The van der Waals surface area contributed by atoms with Crippen LogP contribution in [0.25, 0.3) is 0 Å². The van der Waals surface area contributed by atoms with Gasteiger partial charge in [0, 0.05) is 38.4 Å². The van der Waals surface area contributed by atoms with Crippen molar-refractivity contribution in [3.05, 3.63) is 23.8 Å².